The second-order valence-electron chi connectivity index (χ2n) is 8.85. The number of thiocarbonyl (C=S) groups is 1. The minimum Gasteiger partial charge on any atom is -0.368 e. The number of fused-ring (bicyclic) bond motifs is 1. The quantitative estimate of drug-likeness (QED) is 0.345. The molecule has 0 unspecified atom stereocenters. The van der Waals surface area contributed by atoms with Gasteiger partial charge in [0.25, 0.3) is 11.5 Å². The third kappa shape index (κ3) is 4.63. The van der Waals surface area contributed by atoms with Crippen LogP contribution < -0.4 is 15.4 Å². The zero-order valence-corrected chi connectivity index (χ0v) is 22.4. The van der Waals surface area contributed by atoms with Crippen LogP contribution in [-0.4, -0.2) is 56.7 Å². The average Bonchev–Trinajstić information content (AvgIpc) is 3.17. The number of carbonyl (C=O) groups is 1. The number of piperazine rings is 1. The molecule has 0 spiro atoms. The van der Waals surface area contributed by atoms with Crippen molar-refractivity contribution >= 4 is 69.0 Å². The number of halogens is 1. The van der Waals surface area contributed by atoms with Gasteiger partial charge in [-0.1, -0.05) is 54.6 Å². The number of carbonyl (C=O) groups excluding carboxylic acids is 1. The largest absolute Gasteiger partial charge is 0.368 e. The molecule has 36 heavy (non-hydrogen) atoms. The third-order valence-corrected chi connectivity index (χ3v) is 8.20. The number of anilines is 2. The van der Waals surface area contributed by atoms with Crippen LogP contribution in [0.5, 0.6) is 0 Å². The minimum atomic E-state index is -0.207. The van der Waals surface area contributed by atoms with Crippen molar-refractivity contribution in [3.05, 3.63) is 74.5 Å². The molecule has 1 amide bonds. The molecule has 2 fully saturated rings. The number of benzene rings is 1. The Morgan fingerprint density at radius 3 is 2.58 bits per heavy atom. The van der Waals surface area contributed by atoms with Crippen LogP contribution in [0.15, 0.2) is 58.4 Å². The van der Waals surface area contributed by atoms with E-state index in [1.165, 1.54) is 16.2 Å². The number of pyridine rings is 1. The molecule has 2 aromatic heterocycles. The molecule has 0 aliphatic carbocycles. The first kappa shape index (κ1) is 24.8. The molecule has 1 atom stereocenters. The lowest BCUT2D eigenvalue weighted by Gasteiger charge is -2.37. The highest BCUT2D eigenvalue weighted by Gasteiger charge is 2.35. The van der Waals surface area contributed by atoms with Crippen LogP contribution in [0.25, 0.3) is 11.7 Å². The molecule has 0 N–H and O–H groups in total. The Hall–Kier alpha value is -2.88. The number of amides is 1. The Bertz CT molecular complexity index is 1430. The normalized spacial score (nSPS) is 18.5. The molecule has 4 heterocycles. The van der Waals surface area contributed by atoms with E-state index in [1.807, 2.05) is 50.2 Å². The molecule has 0 bridgehead atoms. The maximum atomic E-state index is 13.6. The van der Waals surface area contributed by atoms with Crippen molar-refractivity contribution in [1.82, 2.24) is 14.3 Å². The van der Waals surface area contributed by atoms with Crippen LogP contribution in [0.4, 0.5) is 11.5 Å². The van der Waals surface area contributed by atoms with E-state index < -0.39 is 0 Å². The Morgan fingerprint density at radius 1 is 1.11 bits per heavy atom. The van der Waals surface area contributed by atoms with E-state index in [2.05, 4.69) is 9.80 Å². The molecular weight excluding hydrogens is 514 g/mol. The van der Waals surface area contributed by atoms with E-state index in [9.17, 15) is 9.59 Å². The summed E-state index contributed by atoms with van der Waals surface area (Å²) in [7, 11) is 0. The van der Waals surface area contributed by atoms with E-state index in [0.29, 0.717) is 44.4 Å². The predicted molar refractivity (Wildman–Crippen MR) is 152 cm³/mol. The summed E-state index contributed by atoms with van der Waals surface area (Å²) in [5.41, 5.74) is 1.84. The maximum absolute atomic E-state index is 13.6. The molecule has 2 saturated heterocycles. The number of aromatic nitrogens is 2. The summed E-state index contributed by atoms with van der Waals surface area (Å²) >= 11 is 12.9. The van der Waals surface area contributed by atoms with Gasteiger partial charge >= 0.3 is 0 Å². The fourth-order valence-electron chi connectivity index (χ4n) is 4.48. The Morgan fingerprint density at radius 2 is 1.86 bits per heavy atom. The minimum absolute atomic E-state index is 0.00161. The van der Waals surface area contributed by atoms with Gasteiger partial charge < -0.3 is 9.80 Å². The smallest absolute Gasteiger partial charge is 0.267 e. The van der Waals surface area contributed by atoms with Gasteiger partial charge in [0.2, 0.25) is 0 Å². The van der Waals surface area contributed by atoms with Gasteiger partial charge in [-0.25, -0.2) is 4.98 Å². The van der Waals surface area contributed by atoms with E-state index in [1.54, 1.807) is 23.2 Å². The second-order valence-corrected chi connectivity index (χ2v) is 11.0. The molecule has 2 aliphatic rings. The molecule has 1 aromatic carbocycles. The molecular formula is C26H26ClN5O2S2. The van der Waals surface area contributed by atoms with Crippen molar-refractivity contribution in [2.75, 3.05) is 36.0 Å². The SMILES string of the molecule is CC[C@H](C)N1C(=O)/C(=C/c2c(N3CCN(c4cccc(Cl)c4)CC3)nc3ccccn3c2=O)SC1=S. The van der Waals surface area contributed by atoms with Crippen molar-refractivity contribution < 1.29 is 4.79 Å². The molecule has 0 radical (unpaired) electrons. The Balaban J connectivity index is 1.52. The first-order chi connectivity index (χ1) is 17.4. The fraction of sp³-hybridized carbons (Fsp3) is 0.308. The van der Waals surface area contributed by atoms with Crippen LogP contribution in [0, 0.1) is 0 Å². The molecule has 186 valence electrons. The Labute approximate surface area is 224 Å². The van der Waals surface area contributed by atoms with Crippen LogP contribution in [0.2, 0.25) is 5.02 Å². The Kier molecular flexibility index (Phi) is 7.05. The zero-order chi connectivity index (χ0) is 25.4. The van der Waals surface area contributed by atoms with E-state index in [4.69, 9.17) is 28.8 Å². The topological polar surface area (TPSA) is 61.2 Å². The first-order valence-electron chi connectivity index (χ1n) is 11.9. The lowest BCUT2D eigenvalue weighted by molar-refractivity contribution is -0.123. The van der Waals surface area contributed by atoms with Gasteiger partial charge in [-0.3, -0.25) is 18.9 Å². The number of thioether (sulfide) groups is 1. The molecule has 0 saturated carbocycles. The summed E-state index contributed by atoms with van der Waals surface area (Å²) in [4.78, 5) is 38.2. The maximum Gasteiger partial charge on any atom is 0.267 e. The summed E-state index contributed by atoms with van der Waals surface area (Å²) in [6.07, 6.45) is 4.17. The van der Waals surface area contributed by atoms with Gasteiger partial charge in [-0.05, 0) is 49.8 Å². The summed E-state index contributed by atoms with van der Waals surface area (Å²) < 4.78 is 2.04. The standard InChI is InChI=1S/C26H26ClN5O2S2/c1-3-17(2)32-25(34)21(36-26(32)35)16-20-23(28-22-9-4-5-10-31(22)24(20)33)30-13-11-29(12-14-30)19-8-6-7-18(27)15-19/h4-10,15-17H,3,11-14H2,1-2H3/b21-16-/t17-/m0/s1. The summed E-state index contributed by atoms with van der Waals surface area (Å²) in [6.45, 7) is 6.86. The number of rotatable bonds is 5. The summed E-state index contributed by atoms with van der Waals surface area (Å²) in [6, 6.07) is 13.3. The lowest BCUT2D eigenvalue weighted by atomic mass is 10.2. The predicted octanol–water partition coefficient (Wildman–Crippen LogP) is 4.67. The van der Waals surface area contributed by atoms with Gasteiger partial charge in [0, 0.05) is 49.1 Å². The van der Waals surface area contributed by atoms with Crippen molar-refractivity contribution in [2.24, 2.45) is 0 Å². The average molecular weight is 540 g/mol. The summed E-state index contributed by atoms with van der Waals surface area (Å²) in [5.74, 6) is 0.430. The van der Waals surface area contributed by atoms with Crippen molar-refractivity contribution in [1.29, 1.82) is 0 Å². The number of hydrogen-bond acceptors (Lipinski definition) is 7. The number of hydrogen-bond donors (Lipinski definition) is 0. The fourth-order valence-corrected chi connectivity index (χ4v) is 6.11. The van der Waals surface area contributed by atoms with Crippen LogP contribution in [0.1, 0.15) is 25.8 Å². The van der Waals surface area contributed by atoms with E-state index in [-0.39, 0.29) is 17.5 Å². The molecule has 2 aliphatic heterocycles. The van der Waals surface area contributed by atoms with Crippen LogP contribution in [0.3, 0.4) is 0 Å². The van der Waals surface area contributed by atoms with Crippen LogP contribution >= 0.6 is 35.6 Å². The summed E-state index contributed by atoms with van der Waals surface area (Å²) in [5, 5.41) is 0.705. The molecule has 5 rings (SSSR count). The van der Waals surface area contributed by atoms with Gasteiger partial charge in [0.1, 0.15) is 15.8 Å². The number of nitrogens with zero attached hydrogens (tertiary/aromatic N) is 5. The zero-order valence-electron chi connectivity index (χ0n) is 20.1. The van der Waals surface area contributed by atoms with Crippen molar-refractivity contribution in [2.45, 2.75) is 26.3 Å². The van der Waals surface area contributed by atoms with E-state index in [0.717, 1.165) is 25.2 Å². The highest BCUT2D eigenvalue weighted by molar-refractivity contribution is 8.26. The molecule has 7 nitrogen and oxygen atoms in total. The van der Waals surface area contributed by atoms with Crippen molar-refractivity contribution in [3.8, 4) is 0 Å². The van der Waals surface area contributed by atoms with Gasteiger partial charge in [0.15, 0.2) is 0 Å². The van der Waals surface area contributed by atoms with Crippen LogP contribution in [-0.2, 0) is 4.79 Å². The monoisotopic (exact) mass is 539 g/mol. The highest BCUT2D eigenvalue weighted by Crippen LogP contribution is 2.35. The van der Waals surface area contributed by atoms with Gasteiger partial charge in [0.05, 0.1) is 10.5 Å². The second kappa shape index (κ2) is 10.2. The third-order valence-electron chi connectivity index (χ3n) is 6.63. The van der Waals surface area contributed by atoms with E-state index >= 15 is 0 Å². The first-order valence-corrected chi connectivity index (χ1v) is 13.5. The molecule has 10 heteroatoms. The van der Waals surface area contributed by atoms with Crippen molar-refractivity contribution in [3.63, 3.8) is 0 Å². The van der Waals surface area contributed by atoms with Gasteiger partial charge in [-0.2, -0.15) is 0 Å². The highest BCUT2D eigenvalue weighted by atomic mass is 35.5. The molecule has 3 aromatic rings. The van der Waals surface area contributed by atoms with Gasteiger partial charge in [-0.15, -0.1) is 0 Å². The lowest BCUT2D eigenvalue weighted by Crippen LogP contribution is -2.47.